The number of aromatic nitrogens is 1. The van der Waals surface area contributed by atoms with Gasteiger partial charge < -0.3 is 15.0 Å². The molecule has 20 heavy (non-hydrogen) atoms. The van der Waals surface area contributed by atoms with Gasteiger partial charge in [0.15, 0.2) is 0 Å². The number of nitrogens with zero attached hydrogens (tertiary/aromatic N) is 2. The molecule has 1 N–H and O–H groups in total. The van der Waals surface area contributed by atoms with E-state index in [0.29, 0.717) is 5.92 Å². The van der Waals surface area contributed by atoms with Crippen molar-refractivity contribution in [2.24, 2.45) is 0 Å². The Morgan fingerprint density at radius 1 is 1.30 bits per heavy atom. The van der Waals surface area contributed by atoms with Crippen LogP contribution in [-0.4, -0.2) is 38.3 Å². The highest BCUT2D eigenvalue weighted by atomic mass is 16.5. The maximum atomic E-state index is 5.42. The second-order valence-corrected chi connectivity index (χ2v) is 5.31. The van der Waals surface area contributed by atoms with Gasteiger partial charge in [0.2, 0.25) is 0 Å². The van der Waals surface area contributed by atoms with Crippen LogP contribution < -0.4 is 10.2 Å². The van der Waals surface area contributed by atoms with Crippen LogP contribution in [0.3, 0.4) is 0 Å². The van der Waals surface area contributed by atoms with Gasteiger partial charge in [-0.2, -0.15) is 0 Å². The fourth-order valence-corrected chi connectivity index (χ4v) is 1.92. The lowest BCUT2D eigenvalue weighted by Crippen LogP contribution is -2.24. The van der Waals surface area contributed by atoms with Crippen LogP contribution in [0.25, 0.3) is 0 Å². The van der Waals surface area contributed by atoms with Gasteiger partial charge in [-0.15, -0.1) is 0 Å². The second-order valence-electron chi connectivity index (χ2n) is 5.31. The monoisotopic (exact) mass is 279 g/mol. The third-order valence-corrected chi connectivity index (χ3v) is 3.23. The molecule has 0 atom stereocenters. The number of anilines is 1. The lowest BCUT2D eigenvalue weighted by Gasteiger charge is -2.21. The molecule has 4 heteroatoms. The minimum atomic E-state index is 0.440. The zero-order valence-electron chi connectivity index (χ0n) is 13.6. The van der Waals surface area contributed by atoms with Crippen molar-refractivity contribution in [3.05, 3.63) is 23.4 Å². The normalized spacial score (nSPS) is 11.1. The van der Waals surface area contributed by atoms with Crippen LogP contribution in [0.4, 0.5) is 5.82 Å². The molecule has 1 heterocycles. The zero-order chi connectivity index (χ0) is 15.0. The van der Waals surface area contributed by atoms with E-state index in [4.69, 9.17) is 9.72 Å². The molecule has 0 aromatic carbocycles. The number of hydrogen-bond acceptors (Lipinski definition) is 4. The minimum Gasteiger partial charge on any atom is -0.380 e. The van der Waals surface area contributed by atoms with E-state index in [9.17, 15) is 0 Å². The highest BCUT2D eigenvalue weighted by Crippen LogP contribution is 2.19. The number of likely N-dealkylation sites (N-methyl/N-ethyl adjacent to an activating group) is 1. The lowest BCUT2D eigenvalue weighted by atomic mass is 10.1. The number of pyridine rings is 1. The van der Waals surface area contributed by atoms with Crippen LogP contribution in [0.2, 0.25) is 0 Å². The van der Waals surface area contributed by atoms with Crippen molar-refractivity contribution in [1.82, 2.24) is 10.3 Å². The summed E-state index contributed by atoms with van der Waals surface area (Å²) in [6.45, 7) is 12.8. The maximum absolute atomic E-state index is 5.42. The Bertz CT molecular complexity index is 393. The van der Waals surface area contributed by atoms with E-state index in [1.54, 1.807) is 0 Å². The van der Waals surface area contributed by atoms with E-state index in [1.165, 1.54) is 5.56 Å². The molecule has 0 unspecified atom stereocenters. The summed E-state index contributed by atoms with van der Waals surface area (Å²) in [5.74, 6) is 1.47. The molecule has 0 fully saturated rings. The standard InChI is InChI=1S/C16H29N3O/c1-6-17-12-14-10-15(13(3)4)18-16(11-14)19(5)8-9-20-7-2/h10-11,13,17H,6-9,12H2,1-5H3. The summed E-state index contributed by atoms with van der Waals surface area (Å²) in [5.41, 5.74) is 2.45. The molecule has 1 aromatic rings. The average Bonchev–Trinajstić information content (AvgIpc) is 2.44. The molecule has 0 spiro atoms. The summed E-state index contributed by atoms with van der Waals surface area (Å²) < 4.78 is 5.42. The Labute approximate surface area is 123 Å². The Kier molecular flexibility index (Phi) is 7.55. The Morgan fingerprint density at radius 2 is 2.05 bits per heavy atom. The SMILES string of the molecule is CCNCc1cc(C(C)C)nc(N(C)CCOCC)c1. The first-order valence-electron chi connectivity index (χ1n) is 7.58. The van der Waals surface area contributed by atoms with Gasteiger partial charge in [-0.3, -0.25) is 0 Å². The highest BCUT2D eigenvalue weighted by Gasteiger charge is 2.09. The highest BCUT2D eigenvalue weighted by molar-refractivity contribution is 5.42. The summed E-state index contributed by atoms with van der Waals surface area (Å²) in [5, 5.41) is 3.38. The van der Waals surface area contributed by atoms with Crippen LogP contribution in [0.5, 0.6) is 0 Å². The first kappa shape index (κ1) is 16.9. The first-order chi connectivity index (χ1) is 9.58. The molecule has 0 saturated heterocycles. The van der Waals surface area contributed by atoms with Crippen LogP contribution in [0, 0.1) is 0 Å². The van der Waals surface area contributed by atoms with Crippen molar-refractivity contribution in [1.29, 1.82) is 0 Å². The van der Waals surface area contributed by atoms with Crippen molar-refractivity contribution in [3.8, 4) is 0 Å². The van der Waals surface area contributed by atoms with Gasteiger partial charge in [0.25, 0.3) is 0 Å². The molecule has 4 nitrogen and oxygen atoms in total. The number of nitrogens with one attached hydrogen (secondary N) is 1. The summed E-state index contributed by atoms with van der Waals surface area (Å²) in [6.07, 6.45) is 0. The van der Waals surface area contributed by atoms with Crippen LogP contribution in [0.15, 0.2) is 12.1 Å². The van der Waals surface area contributed by atoms with Gasteiger partial charge in [-0.05, 0) is 37.1 Å². The van der Waals surface area contributed by atoms with Gasteiger partial charge in [-0.25, -0.2) is 4.98 Å². The summed E-state index contributed by atoms with van der Waals surface area (Å²) in [4.78, 5) is 6.93. The molecule has 0 saturated carbocycles. The number of ether oxygens (including phenoxy) is 1. The molecule has 114 valence electrons. The number of hydrogen-bond donors (Lipinski definition) is 1. The molecule has 1 rings (SSSR count). The zero-order valence-corrected chi connectivity index (χ0v) is 13.6. The van der Waals surface area contributed by atoms with Crippen molar-refractivity contribution >= 4 is 5.82 Å². The van der Waals surface area contributed by atoms with E-state index in [2.05, 4.69) is 50.2 Å². The lowest BCUT2D eigenvalue weighted by molar-refractivity contribution is 0.154. The first-order valence-corrected chi connectivity index (χ1v) is 7.58. The molecule has 0 bridgehead atoms. The Balaban J connectivity index is 2.84. The minimum absolute atomic E-state index is 0.440. The quantitative estimate of drug-likeness (QED) is 0.705. The Hall–Kier alpha value is -1.13. The molecular weight excluding hydrogens is 250 g/mol. The van der Waals surface area contributed by atoms with Gasteiger partial charge in [0.1, 0.15) is 5.82 Å². The fraction of sp³-hybridized carbons (Fsp3) is 0.688. The maximum Gasteiger partial charge on any atom is 0.128 e. The topological polar surface area (TPSA) is 37.4 Å². The fourth-order valence-electron chi connectivity index (χ4n) is 1.92. The third-order valence-electron chi connectivity index (χ3n) is 3.23. The van der Waals surface area contributed by atoms with E-state index in [0.717, 1.165) is 44.4 Å². The average molecular weight is 279 g/mol. The molecule has 0 aliphatic heterocycles. The van der Waals surface area contributed by atoms with Gasteiger partial charge in [-0.1, -0.05) is 20.8 Å². The third kappa shape index (κ3) is 5.47. The molecule has 0 aliphatic rings. The van der Waals surface area contributed by atoms with Crippen molar-refractivity contribution in [2.45, 2.75) is 40.2 Å². The largest absolute Gasteiger partial charge is 0.380 e. The van der Waals surface area contributed by atoms with Crippen molar-refractivity contribution < 1.29 is 4.74 Å². The van der Waals surface area contributed by atoms with E-state index in [-0.39, 0.29) is 0 Å². The van der Waals surface area contributed by atoms with Crippen molar-refractivity contribution in [2.75, 3.05) is 38.3 Å². The van der Waals surface area contributed by atoms with E-state index >= 15 is 0 Å². The van der Waals surface area contributed by atoms with E-state index < -0.39 is 0 Å². The smallest absolute Gasteiger partial charge is 0.128 e. The van der Waals surface area contributed by atoms with Gasteiger partial charge in [0, 0.05) is 32.4 Å². The van der Waals surface area contributed by atoms with E-state index in [1.807, 2.05) is 6.92 Å². The van der Waals surface area contributed by atoms with Crippen LogP contribution in [0.1, 0.15) is 44.9 Å². The predicted octanol–water partition coefficient (Wildman–Crippen LogP) is 2.79. The van der Waals surface area contributed by atoms with Crippen molar-refractivity contribution in [3.63, 3.8) is 0 Å². The summed E-state index contributed by atoms with van der Waals surface area (Å²) in [6, 6.07) is 4.37. The molecule has 0 aliphatic carbocycles. The summed E-state index contributed by atoms with van der Waals surface area (Å²) in [7, 11) is 2.07. The Morgan fingerprint density at radius 3 is 2.65 bits per heavy atom. The number of rotatable bonds is 9. The molecule has 1 aromatic heterocycles. The second kappa shape index (κ2) is 8.93. The van der Waals surface area contributed by atoms with Crippen LogP contribution in [-0.2, 0) is 11.3 Å². The van der Waals surface area contributed by atoms with Gasteiger partial charge in [0.05, 0.1) is 6.61 Å². The molecule has 0 amide bonds. The molecule has 0 radical (unpaired) electrons. The predicted molar refractivity (Wildman–Crippen MR) is 85.5 cm³/mol. The summed E-state index contributed by atoms with van der Waals surface area (Å²) >= 11 is 0. The van der Waals surface area contributed by atoms with Crippen LogP contribution >= 0.6 is 0 Å². The van der Waals surface area contributed by atoms with Gasteiger partial charge >= 0.3 is 0 Å². The molecular formula is C16H29N3O.